The average molecular weight is 377 g/mol. The van der Waals surface area contributed by atoms with E-state index in [1.54, 1.807) is 0 Å². The van der Waals surface area contributed by atoms with Gasteiger partial charge in [-0.1, -0.05) is 12.1 Å². The molecule has 0 bridgehead atoms. The van der Waals surface area contributed by atoms with Crippen LogP contribution in [0.5, 0.6) is 0 Å². The van der Waals surface area contributed by atoms with Gasteiger partial charge in [-0.15, -0.1) is 0 Å². The normalized spacial score (nSPS) is 20.9. The molecule has 1 saturated heterocycles. The highest BCUT2D eigenvalue weighted by Crippen LogP contribution is 2.26. The van der Waals surface area contributed by atoms with Crippen molar-refractivity contribution < 1.29 is 15.0 Å². The first kappa shape index (κ1) is 21.9. The van der Waals surface area contributed by atoms with E-state index in [0.717, 1.165) is 49.9 Å². The Balaban J connectivity index is 2.06. The Morgan fingerprint density at radius 3 is 2.70 bits per heavy atom. The maximum absolute atomic E-state index is 13.1. The summed E-state index contributed by atoms with van der Waals surface area (Å²) in [6, 6.07) is 8.26. The van der Waals surface area contributed by atoms with Crippen LogP contribution in [0.3, 0.4) is 0 Å². The minimum Gasteiger partial charge on any atom is -0.396 e. The van der Waals surface area contributed by atoms with Gasteiger partial charge in [-0.3, -0.25) is 4.79 Å². The first-order valence-electron chi connectivity index (χ1n) is 10.1. The van der Waals surface area contributed by atoms with E-state index in [9.17, 15) is 15.0 Å². The van der Waals surface area contributed by atoms with Crippen LogP contribution >= 0.6 is 0 Å². The number of likely N-dealkylation sites (tertiary alicyclic amines) is 1. The predicted octanol–water partition coefficient (Wildman–Crippen LogP) is 2.55. The molecule has 0 unspecified atom stereocenters. The molecule has 1 fully saturated rings. The lowest BCUT2D eigenvalue weighted by Gasteiger charge is -2.41. The summed E-state index contributed by atoms with van der Waals surface area (Å²) in [6.45, 7) is 5.33. The number of piperidine rings is 1. The molecule has 1 aromatic rings. The first-order chi connectivity index (χ1) is 12.7. The van der Waals surface area contributed by atoms with Gasteiger partial charge in [-0.25, -0.2) is 0 Å². The molecule has 1 heterocycles. The zero-order valence-corrected chi connectivity index (χ0v) is 17.3. The van der Waals surface area contributed by atoms with E-state index < -0.39 is 5.60 Å². The van der Waals surface area contributed by atoms with Crippen molar-refractivity contribution >= 4 is 5.91 Å². The van der Waals surface area contributed by atoms with Crippen molar-refractivity contribution in [2.24, 2.45) is 5.92 Å². The molecule has 2 N–H and O–H groups in total. The second-order valence-corrected chi connectivity index (χ2v) is 8.71. The van der Waals surface area contributed by atoms with E-state index in [2.05, 4.69) is 19.0 Å². The summed E-state index contributed by atoms with van der Waals surface area (Å²) in [5.74, 6) is 0.481. The zero-order valence-electron chi connectivity index (χ0n) is 17.3. The summed E-state index contributed by atoms with van der Waals surface area (Å²) in [4.78, 5) is 17.3. The summed E-state index contributed by atoms with van der Waals surface area (Å²) in [5.41, 5.74) is 1.11. The van der Waals surface area contributed by atoms with Crippen molar-refractivity contribution in [2.45, 2.75) is 57.6 Å². The van der Waals surface area contributed by atoms with Crippen LogP contribution in [0.1, 0.15) is 55.5 Å². The molecule has 0 saturated carbocycles. The Hall–Kier alpha value is -1.43. The van der Waals surface area contributed by atoms with Crippen molar-refractivity contribution in [3.05, 3.63) is 35.4 Å². The van der Waals surface area contributed by atoms with Crippen LogP contribution in [0.15, 0.2) is 24.3 Å². The van der Waals surface area contributed by atoms with E-state index in [1.807, 2.05) is 43.0 Å². The van der Waals surface area contributed by atoms with E-state index >= 15 is 0 Å². The fraction of sp³-hybridized carbons (Fsp3) is 0.682. The quantitative estimate of drug-likeness (QED) is 0.732. The molecule has 0 aliphatic carbocycles. The van der Waals surface area contributed by atoms with E-state index in [4.69, 9.17) is 0 Å². The van der Waals surface area contributed by atoms with Crippen molar-refractivity contribution in [2.75, 3.05) is 33.8 Å². The SMILES string of the molecule is CN(C)[C@H]1CCN(C(=O)c2cccc(CCC(C)(C)O)c2)C[C@H]1CCCO. The predicted molar refractivity (Wildman–Crippen MR) is 109 cm³/mol. The third-order valence-corrected chi connectivity index (χ3v) is 5.58. The Morgan fingerprint density at radius 1 is 1.33 bits per heavy atom. The minimum absolute atomic E-state index is 0.0892. The van der Waals surface area contributed by atoms with Crippen LogP contribution < -0.4 is 0 Å². The van der Waals surface area contributed by atoms with Gasteiger partial charge in [-0.2, -0.15) is 0 Å². The summed E-state index contributed by atoms with van der Waals surface area (Å²) in [7, 11) is 4.19. The second-order valence-electron chi connectivity index (χ2n) is 8.71. The summed E-state index contributed by atoms with van der Waals surface area (Å²) in [5, 5.41) is 19.1. The van der Waals surface area contributed by atoms with Gasteiger partial charge in [0.25, 0.3) is 5.91 Å². The summed E-state index contributed by atoms with van der Waals surface area (Å²) < 4.78 is 0. The van der Waals surface area contributed by atoms with Crippen molar-refractivity contribution in [3.63, 3.8) is 0 Å². The number of hydrogen-bond acceptors (Lipinski definition) is 4. The topological polar surface area (TPSA) is 64.0 Å². The average Bonchev–Trinajstić information content (AvgIpc) is 2.63. The molecule has 0 aromatic heterocycles. The smallest absolute Gasteiger partial charge is 0.253 e. The van der Waals surface area contributed by atoms with Crippen LogP contribution in [-0.4, -0.2) is 71.4 Å². The molecule has 0 radical (unpaired) electrons. The molecule has 2 rings (SSSR count). The third kappa shape index (κ3) is 6.59. The molecule has 0 spiro atoms. The molecule has 152 valence electrons. The molecule has 1 amide bonds. The molecule has 1 aliphatic heterocycles. The number of carbonyl (C=O) groups excluding carboxylic acids is 1. The fourth-order valence-electron chi connectivity index (χ4n) is 4.01. The number of carbonyl (C=O) groups is 1. The standard InChI is InChI=1S/C22H36N2O3/c1-22(2,27)12-10-17-7-5-8-18(15-17)21(26)24-13-11-20(23(3)4)19(16-24)9-6-14-25/h5,7-8,15,19-20,25,27H,6,9-14,16H2,1-4H3/t19-,20+/m1/s1. The van der Waals surface area contributed by atoms with E-state index in [1.165, 1.54) is 0 Å². The molecule has 2 atom stereocenters. The Labute approximate surface area is 164 Å². The van der Waals surface area contributed by atoms with Crippen LogP contribution in [0.2, 0.25) is 0 Å². The number of aliphatic hydroxyl groups excluding tert-OH is 1. The van der Waals surface area contributed by atoms with Gasteiger partial charge in [0, 0.05) is 31.3 Å². The Bertz CT molecular complexity index is 610. The number of aryl methyl sites for hydroxylation is 1. The monoisotopic (exact) mass is 376 g/mol. The van der Waals surface area contributed by atoms with Gasteiger partial charge in [-0.05, 0) is 83.7 Å². The van der Waals surface area contributed by atoms with Gasteiger partial charge in [0.05, 0.1) is 5.60 Å². The summed E-state index contributed by atoms with van der Waals surface area (Å²) >= 11 is 0. The lowest BCUT2D eigenvalue weighted by atomic mass is 9.87. The minimum atomic E-state index is -0.700. The largest absolute Gasteiger partial charge is 0.396 e. The van der Waals surface area contributed by atoms with Gasteiger partial charge < -0.3 is 20.0 Å². The van der Waals surface area contributed by atoms with Crippen molar-refractivity contribution in [3.8, 4) is 0 Å². The van der Waals surface area contributed by atoms with Crippen molar-refractivity contribution in [1.82, 2.24) is 9.80 Å². The highest BCUT2D eigenvalue weighted by atomic mass is 16.3. The molecular formula is C22H36N2O3. The Morgan fingerprint density at radius 2 is 2.07 bits per heavy atom. The fourth-order valence-corrected chi connectivity index (χ4v) is 4.01. The van der Waals surface area contributed by atoms with Crippen LogP contribution in [0.25, 0.3) is 0 Å². The Kier molecular flexibility index (Phi) is 7.83. The lowest BCUT2D eigenvalue weighted by Crippen LogP contribution is -2.50. The molecule has 5 nitrogen and oxygen atoms in total. The van der Waals surface area contributed by atoms with Crippen LogP contribution in [-0.2, 0) is 6.42 Å². The molecule has 1 aromatic carbocycles. The van der Waals surface area contributed by atoms with E-state index in [0.29, 0.717) is 18.4 Å². The third-order valence-electron chi connectivity index (χ3n) is 5.58. The highest BCUT2D eigenvalue weighted by molar-refractivity contribution is 5.94. The first-order valence-corrected chi connectivity index (χ1v) is 10.1. The maximum atomic E-state index is 13.1. The van der Waals surface area contributed by atoms with Gasteiger partial charge in [0.15, 0.2) is 0 Å². The number of nitrogens with zero attached hydrogens (tertiary/aromatic N) is 2. The van der Waals surface area contributed by atoms with Crippen LogP contribution in [0.4, 0.5) is 0 Å². The van der Waals surface area contributed by atoms with Gasteiger partial charge >= 0.3 is 0 Å². The number of amides is 1. The van der Waals surface area contributed by atoms with Gasteiger partial charge in [0.2, 0.25) is 0 Å². The maximum Gasteiger partial charge on any atom is 0.253 e. The lowest BCUT2D eigenvalue weighted by molar-refractivity contribution is 0.0495. The number of rotatable bonds is 8. The molecule has 5 heteroatoms. The van der Waals surface area contributed by atoms with Crippen molar-refractivity contribution in [1.29, 1.82) is 0 Å². The molecule has 1 aliphatic rings. The highest BCUT2D eigenvalue weighted by Gasteiger charge is 2.32. The number of aliphatic hydroxyl groups is 2. The number of benzene rings is 1. The number of hydrogen-bond donors (Lipinski definition) is 2. The molecule has 27 heavy (non-hydrogen) atoms. The molecular weight excluding hydrogens is 340 g/mol. The van der Waals surface area contributed by atoms with E-state index in [-0.39, 0.29) is 12.5 Å². The second kappa shape index (κ2) is 9.67. The van der Waals surface area contributed by atoms with Gasteiger partial charge in [0.1, 0.15) is 0 Å². The zero-order chi connectivity index (χ0) is 20.0. The van der Waals surface area contributed by atoms with Crippen LogP contribution in [0, 0.1) is 5.92 Å². The summed E-state index contributed by atoms with van der Waals surface area (Å²) in [6.07, 6.45) is 4.11.